The normalized spacial score (nSPS) is 14.6. The fourth-order valence-electron chi connectivity index (χ4n) is 3.02. The van der Waals surface area contributed by atoms with E-state index in [1.54, 1.807) is 0 Å². The number of para-hydroxylation sites is 2. The summed E-state index contributed by atoms with van der Waals surface area (Å²) in [5.74, 6) is 1.93. The Hall–Kier alpha value is -3.06. The van der Waals surface area contributed by atoms with Crippen LogP contribution < -0.4 is 14.8 Å². The summed E-state index contributed by atoms with van der Waals surface area (Å²) in [7, 11) is 0. The fourth-order valence-corrected chi connectivity index (χ4v) is 3.54. The van der Waals surface area contributed by atoms with E-state index >= 15 is 0 Å². The third-order valence-electron chi connectivity index (χ3n) is 4.33. The number of benzene rings is 2. The third-order valence-corrected chi connectivity index (χ3v) is 5.16. The monoisotopic (exact) mass is 406 g/mol. The quantitative estimate of drug-likeness (QED) is 0.432. The van der Waals surface area contributed by atoms with Crippen LogP contribution in [0.1, 0.15) is 25.1 Å². The van der Waals surface area contributed by atoms with Crippen molar-refractivity contribution in [3.63, 3.8) is 0 Å². The standard InChI is InChI=1S/C22H22N4O2S/c1-3-13-27-18-12-8-6-10-16(18)20-23-17-11-7-5-9-15(17)19-21(28-20)24-22(26-25-19)29-14-4-2/h4-12,20,23H,2-3,13-14H2,1H3/t20-/m1/s1. The Morgan fingerprint density at radius 2 is 2.00 bits per heavy atom. The number of fused-ring (bicyclic) bond motifs is 3. The van der Waals surface area contributed by atoms with Gasteiger partial charge in [-0.2, -0.15) is 4.98 Å². The van der Waals surface area contributed by atoms with E-state index in [1.807, 2.05) is 54.6 Å². The summed E-state index contributed by atoms with van der Waals surface area (Å²) < 4.78 is 12.3. The maximum atomic E-state index is 6.32. The Bertz CT molecular complexity index is 1010. The van der Waals surface area contributed by atoms with Crippen LogP contribution in [0.5, 0.6) is 11.6 Å². The van der Waals surface area contributed by atoms with Crippen molar-refractivity contribution in [2.24, 2.45) is 0 Å². The first-order valence-electron chi connectivity index (χ1n) is 9.53. The molecule has 0 bridgehead atoms. The first-order chi connectivity index (χ1) is 14.3. The van der Waals surface area contributed by atoms with Crippen molar-refractivity contribution in [2.75, 3.05) is 17.7 Å². The Morgan fingerprint density at radius 3 is 2.86 bits per heavy atom. The number of hydrogen-bond acceptors (Lipinski definition) is 7. The lowest BCUT2D eigenvalue weighted by Crippen LogP contribution is -2.18. The molecule has 6 nitrogen and oxygen atoms in total. The molecule has 29 heavy (non-hydrogen) atoms. The fraction of sp³-hybridized carbons (Fsp3) is 0.227. The van der Waals surface area contributed by atoms with Crippen molar-refractivity contribution in [1.29, 1.82) is 0 Å². The highest BCUT2D eigenvalue weighted by molar-refractivity contribution is 7.99. The molecule has 148 valence electrons. The van der Waals surface area contributed by atoms with Crippen molar-refractivity contribution in [1.82, 2.24) is 15.2 Å². The molecule has 4 rings (SSSR count). The van der Waals surface area contributed by atoms with E-state index in [4.69, 9.17) is 9.47 Å². The SMILES string of the molecule is C=CCSc1nnc2c(n1)O[C@H](c1ccccc1OCCC)Nc1ccccc1-2. The molecule has 1 atom stereocenters. The second-order valence-electron chi connectivity index (χ2n) is 6.42. The van der Waals surface area contributed by atoms with Crippen molar-refractivity contribution < 1.29 is 9.47 Å². The number of ether oxygens (including phenoxy) is 2. The molecule has 0 saturated carbocycles. The van der Waals surface area contributed by atoms with Gasteiger partial charge in [-0.15, -0.1) is 16.8 Å². The average Bonchev–Trinajstić information content (AvgIpc) is 2.92. The van der Waals surface area contributed by atoms with E-state index in [1.165, 1.54) is 11.8 Å². The van der Waals surface area contributed by atoms with Crippen LogP contribution in [0.15, 0.2) is 66.3 Å². The van der Waals surface area contributed by atoms with Gasteiger partial charge < -0.3 is 14.8 Å². The molecule has 7 heteroatoms. The largest absolute Gasteiger partial charge is 0.493 e. The molecule has 1 aliphatic heterocycles. The highest BCUT2D eigenvalue weighted by Crippen LogP contribution is 2.41. The van der Waals surface area contributed by atoms with E-state index < -0.39 is 6.23 Å². The maximum absolute atomic E-state index is 6.32. The molecule has 1 aliphatic rings. The Kier molecular flexibility index (Phi) is 5.95. The Balaban J connectivity index is 1.77. The maximum Gasteiger partial charge on any atom is 0.247 e. The number of thioether (sulfide) groups is 1. The molecule has 3 aromatic rings. The van der Waals surface area contributed by atoms with Crippen LogP contribution in [0.25, 0.3) is 11.3 Å². The van der Waals surface area contributed by atoms with Crippen LogP contribution in [0.3, 0.4) is 0 Å². The molecule has 0 spiro atoms. The van der Waals surface area contributed by atoms with Gasteiger partial charge in [0.1, 0.15) is 5.75 Å². The van der Waals surface area contributed by atoms with E-state index in [9.17, 15) is 0 Å². The van der Waals surface area contributed by atoms with Crippen molar-refractivity contribution in [3.8, 4) is 22.9 Å². The van der Waals surface area contributed by atoms with E-state index in [0.717, 1.165) is 29.0 Å². The number of anilines is 1. The summed E-state index contributed by atoms with van der Waals surface area (Å²) in [6.07, 6.45) is 2.26. The summed E-state index contributed by atoms with van der Waals surface area (Å²) >= 11 is 1.46. The van der Waals surface area contributed by atoms with Gasteiger partial charge in [0.25, 0.3) is 0 Å². The molecule has 0 unspecified atom stereocenters. The Morgan fingerprint density at radius 1 is 1.17 bits per heavy atom. The molecule has 1 N–H and O–H groups in total. The molecule has 2 aromatic carbocycles. The van der Waals surface area contributed by atoms with Gasteiger partial charge in [0.05, 0.1) is 12.2 Å². The van der Waals surface area contributed by atoms with Gasteiger partial charge >= 0.3 is 0 Å². The summed E-state index contributed by atoms with van der Waals surface area (Å²) in [5.41, 5.74) is 3.33. The number of nitrogens with one attached hydrogen (secondary N) is 1. The van der Waals surface area contributed by atoms with Crippen LogP contribution in [0.4, 0.5) is 5.69 Å². The van der Waals surface area contributed by atoms with Gasteiger partial charge in [-0.05, 0) is 24.6 Å². The van der Waals surface area contributed by atoms with Gasteiger partial charge in [0.2, 0.25) is 17.3 Å². The molecular formula is C22H22N4O2S. The summed E-state index contributed by atoms with van der Waals surface area (Å²) in [4.78, 5) is 4.62. The van der Waals surface area contributed by atoms with Crippen molar-refractivity contribution in [2.45, 2.75) is 24.7 Å². The van der Waals surface area contributed by atoms with Crippen molar-refractivity contribution >= 4 is 17.4 Å². The molecule has 0 fully saturated rings. The summed E-state index contributed by atoms with van der Waals surface area (Å²) in [6.45, 7) is 6.47. The second kappa shape index (κ2) is 8.96. The van der Waals surface area contributed by atoms with Gasteiger partial charge in [-0.1, -0.05) is 55.1 Å². The number of aromatic nitrogens is 3. The van der Waals surface area contributed by atoms with Crippen LogP contribution in [0, 0.1) is 0 Å². The Labute approximate surface area is 174 Å². The van der Waals surface area contributed by atoms with Gasteiger partial charge in [-0.25, -0.2) is 0 Å². The molecule has 0 aliphatic carbocycles. The lowest BCUT2D eigenvalue weighted by Gasteiger charge is -2.21. The minimum Gasteiger partial charge on any atom is -0.493 e. The highest BCUT2D eigenvalue weighted by atomic mass is 32.2. The van der Waals surface area contributed by atoms with E-state index in [-0.39, 0.29) is 0 Å². The highest BCUT2D eigenvalue weighted by Gasteiger charge is 2.27. The third kappa shape index (κ3) is 4.19. The predicted octanol–water partition coefficient (Wildman–Crippen LogP) is 5.11. The number of rotatable bonds is 7. The predicted molar refractivity (Wildman–Crippen MR) is 115 cm³/mol. The minimum atomic E-state index is -0.473. The number of nitrogens with zero attached hydrogens (tertiary/aromatic N) is 3. The molecule has 2 heterocycles. The van der Waals surface area contributed by atoms with Gasteiger partial charge in [-0.3, -0.25) is 0 Å². The van der Waals surface area contributed by atoms with E-state index in [2.05, 4.69) is 34.0 Å². The molecule has 1 aromatic heterocycles. The van der Waals surface area contributed by atoms with Crippen LogP contribution in [-0.4, -0.2) is 27.5 Å². The molecule has 0 amide bonds. The smallest absolute Gasteiger partial charge is 0.247 e. The van der Waals surface area contributed by atoms with E-state index in [0.29, 0.717) is 29.1 Å². The zero-order chi connectivity index (χ0) is 20.1. The van der Waals surface area contributed by atoms with Crippen LogP contribution in [0.2, 0.25) is 0 Å². The topological polar surface area (TPSA) is 69.2 Å². The van der Waals surface area contributed by atoms with Gasteiger partial charge in [0, 0.05) is 17.0 Å². The summed E-state index contributed by atoms with van der Waals surface area (Å²) in [5, 5.41) is 12.7. The molecule has 0 radical (unpaired) electrons. The minimum absolute atomic E-state index is 0.444. The first kappa shape index (κ1) is 19.3. The van der Waals surface area contributed by atoms with Crippen molar-refractivity contribution in [3.05, 3.63) is 66.7 Å². The lowest BCUT2D eigenvalue weighted by molar-refractivity contribution is 0.215. The zero-order valence-corrected chi connectivity index (χ0v) is 17.0. The number of hydrogen-bond donors (Lipinski definition) is 1. The van der Waals surface area contributed by atoms with Crippen LogP contribution in [-0.2, 0) is 0 Å². The molecular weight excluding hydrogens is 384 g/mol. The second-order valence-corrected chi connectivity index (χ2v) is 7.41. The first-order valence-corrected chi connectivity index (χ1v) is 10.5. The molecule has 0 saturated heterocycles. The zero-order valence-electron chi connectivity index (χ0n) is 16.2. The lowest BCUT2D eigenvalue weighted by atomic mass is 10.1. The average molecular weight is 407 g/mol. The van der Waals surface area contributed by atoms with Crippen LogP contribution >= 0.6 is 11.8 Å². The van der Waals surface area contributed by atoms with Gasteiger partial charge in [0.15, 0.2) is 5.69 Å². The summed E-state index contributed by atoms with van der Waals surface area (Å²) in [6, 6.07) is 15.8.